The number of aromatic nitrogens is 2. The fourth-order valence-corrected chi connectivity index (χ4v) is 6.59. The molecule has 1 unspecified atom stereocenters. The van der Waals surface area contributed by atoms with Gasteiger partial charge in [0.1, 0.15) is 0 Å². The lowest BCUT2D eigenvalue weighted by atomic mass is 9.89. The van der Waals surface area contributed by atoms with Crippen LogP contribution in [0.4, 0.5) is 0 Å². The van der Waals surface area contributed by atoms with Crippen LogP contribution >= 0.6 is 11.8 Å². The number of piperazine rings is 1. The maximum absolute atomic E-state index is 13.3. The Morgan fingerprint density at radius 1 is 1.12 bits per heavy atom. The topological polar surface area (TPSA) is 44.6 Å². The lowest BCUT2D eigenvalue weighted by Crippen LogP contribution is -2.51. The highest BCUT2D eigenvalue weighted by Crippen LogP contribution is 2.29. The van der Waals surface area contributed by atoms with Gasteiger partial charge < -0.3 is 4.90 Å². The number of hydrogen-bond donors (Lipinski definition) is 0. The number of thioether (sulfide) groups is 1. The summed E-state index contributed by atoms with van der Waals surface area (Å²) >= 11 is 1.94. The second-order valence-corrected chi connectivity index (χ2v) is 10.9. The number of nitrogens with zero attached hydrogens (tertiary/aromatic N) is 5. The van der Waals surface area contributed by atoms with E-state index in [0.717, 1.165) is 82.4 Å². The van der Waals surface area contributed by atoms with E-state index < -0.39 is 0 Å². The zero-order chi connectivity index (χ0) is 22.8. The molecule has 6 nitrogen and oxygen atoms in total. The first-order valence-electron chi connectivity index (χ1n) is 12.6. The van der Waals surface area contributed by atoms with Crippen LogP contribution in [0.15, 0.2) is 24.3 Å². The average Bonchev–Trinajstić information content (AvgIpc) is 3.22. The zero-order valence-electron chi connectivity index (χ0n) is 20.1. The molecule has 1 amide bonds. The van der Waals surface area contributed by atoms with E-state index in [1.54, 1.807) is 0 Å². The van der Waals surface area contributed by atoms with Gasteiger partial charge in [0.05, 0.1) is 0 Å². The predicted octanol–water partition coefficient (Wildman–Crippen LogP) is 3.08. The van der Waals surface area contributed by atoms with Crippen molar-refractivity contribution in [3.63, 3.8) is 0 Å². The molecule has 2 aliphatic heterocycles. The van der Waals surface area contributed by atoms with E-state index >= 15 is 0 Å². The number of benzene rings is 1. The summed E-state index contributed by atoms with van der Waals surface area (Å²) in [5.74, 6) is 2.23. The molecule has 2 saturated heterocycles. The maximum atomic E-state index is 13.3. The van der Waals surface area contributed by atoms with Gasteiger partial charge in [-0.05, 0) is 38.7 Å². The molecule has 0 radical (unpaired) electrons. The molecular formula is C26H37N5OS. The van der Waals surface area contributed by atoms with Crippen molar-refractivity contribution in [1.29, 1.82) is 0 Å². The Kier molecular flexibility index (Phi) is 7.09. The van der Waals surface area contributed by atoms with E-state index in [4.69, 9.17) is 5.10 Å². The van der Waals surface area contributed by atoms with Gasteiger partial charge in [-0.2, -0.15) is 16.9 Å². The van der Waals surface area contributed by atoms with Gasteiger partial charge in [-0.1, -0.05) is 29.8 Å². The number of hydrogen-bond acceptors (Lipinski definition) is 5. The Balaban J connectivity index is 1.24. The minimum Gasteiger partial charge on any atom is -0.336 e. The molecule has 178 valence electrons. The summed E-state index contributed by atoms with van der Waals surface area (Å²) in [5.41, 5.74) is 6.03. The smallest absolute Gasteiger partial charge is 0.274 e. The third-order valence-corrected chi connectivity index (χ3v) is 8.48. The minimum atomic E-state index is 0.155. The van der Waals surface area contributed by atoms with Crippen LogP contribution in [0, 0.1) is 6.92 Å². The Morgan fingerprint density at radius 2 is 1.91 bits per heavy atom. The van der Waals surface area contributed by atoms with E-state index in [0.29, 0.717) is 6.04 Å². The first-order valence-corrected chi connectivity index (χ1v) is 13.8. The van der Waals surface area contributed by atoms with Crippen molar-refractivity contribution < 1.29 is 4.79 Å². The summed E-state index contributed by atoms with van der Waals surface area (Å²) in [6.07, 6.45) is 3.18. The van der Waals surface area contributed by atoms with Crippen LogP contribution in [0.2, 0.25) is 0 Å². The van der Waals surface area contributed by atoms with Gasteiger partial charge in [-0.15, -0.1) is 0 Å². The molecule has 3 heterocycles. The van der Waals surface area contributed by atoms with Crippen molar-refractivity contribution >= 4 is 17.7 Å². The van der Waals surface area contributed by atoms with Gasteiger partial charge in [-0.3, -0.25) is 19.3 Å². The predicted molar refractivity (Wildman–Crippen MR) is 135 cm³/mol. The molecule has 1 aliphatic carbocycles. The van der Waals surface area contributed by atoms with E-state index in [1.165, 1.54) is 28.8 Å². The first kappa shape index (κ1) is 22.9. The van der Waals surface area contributed by atoms with Gasteiger partial charge in [0.25, 0.3) is 5.91 Å². The molecule has 2 fully saturated rings. The molecule has 0 N–H and O–H groups in total. The Morgan fingerprint density at radius 3 is 2.64 bits per heavy atom. The third-order valence-electron chi connectivity index (χ3n) is 7.53. The Labute approximate surface area is 202 Å². The number of aryl methyl sites for hydroxylation is 2. The number of carbonyl (C=O) groups is 1. The van der Waals surface area contributed by atoms with Crippen LogP contribution in [-0.4, -0.2) is 87.2 Å². The summed E-state index contributed by atoms with van der Waals surface area (Å²) in [6, 6.07) is 9.41. The monoisotopic (exact) mass is 467 g/mol. The molecule has 1 atom stereocenters. The lowest BCUT2D eigenvalue weighted by molar-refractivity contribution is 0.0758. The Bertz CT molecular complexity index is 975. The molecule has 0 bridgehead atoms. The fourth-order valence-electron chi connectivity index (χ4n) is 5.69. The quantitative estimate of drug-likeness (QED) is 0.676. The molecule has 33 heavy (non-hydrogen) atoms. The van der Waals surface area contributed by atoms with Crippen molar-refractivity contribution in [3.05, 3.63) is 52.3 Å². The summed E-state index contributed by atoms with van der Waals surface area (Å²) in [4.78, 5) is 20.6. The number of rotatable bonds is 5. The Hall–Kier alpha value is -1.83. The van der Waals surface area contributed by atoms with Gasteiger partial charge in [0.2, 0.25) is 0 Å². The molecule has 7 heteroatoms. The second kappa shape index (κ2) is 10.2. The van der Waals surface area contributed by atoms with Crippen LogP contribution in [0.3, 0.4) is 0 Å². The summed E-state index contributed by atoms with van der Waals surface area (Å²) in [6.45, 7) is 12.3. The third kappa shape index (κ3) is 5.00. The zero-order valence-corrected chi connectivity index (χ0v) is 20.9. The molecule has 2 aromatic rings. The van der Waals surface area contributed by atoms with Crippen molar-refractivity contribution in [2.45, 2.75) is 52.2 Å². The molecule has 1 aromatic carbocycles. The summed E-state index contributed by atoms with van der Waals surface area (Å²) in [5, 5.41) is 4.82. The van der Waals surface area contributed by atoms with Crippen molar-refractivity contribution in [2.24, 2.45) is 0 Å². The molecule has 3 aliphatic rings. The summed E-state index contributed by atoms with van der Waals surface area (Å²) in [7, 11) is 0. The normalized spacial score (nSPS) is 22.4. The van der Waals surface area contributed by atoms with E-state index in [1.807, 2.05) is 16.7 Å². The summed E-state index contributed by atoms with van der Waals surface area (Å²) < 4.78 is 2.09. The van der Waals surface area contributed by atoms with Gasteiger partial charge >= 0.3 is 0 Å². The van der Waals surface area contributed by atoms with Crippen LogP contribution in [0.1, 0.15) is 46.2 Å². The van der Waals surface area contributed by atoms with E-state index in [-0.39, 0.29) is 5.91 Å². The van der Waals surface area contributed by atoms with Gasteiger partial charge in [0.15, 0.2) is 5.69 Å². The average molecular weight is 468 g/mol. The van der Waals surface area contributed by atoms with Crippen LogP contribution in [-0.2, 0) is 25.9 Å². The number of fused-ring (bicyclic) bond motifs is 1. The molecule has 0 saturated carbocycles. The maximum Gasteiger partial charge on any atom is 0.274 e. The van der Waals surface area contributed by atoms with Crippen molar-refractivity contribution in [1.82, 2.24) is 24.5 Å². The molecular weight excluding hydrogens is 430 g/mol. The van der Waals surface area contributed by atoms with Gasteiger partial charge in [-0.25, -0.2) is 0 Å². The molecule has 0 spiro atoms. The van der Waals surface area contributed by atoms with Gasteiger partial charge in [0, 0.05) is 81.2 Å². The largest absolute Gasteiger partial charge is 0.336 e. The highest BCUT2D eigenvalue weighted by Gasteiger charge is 2.34. The van der Waals surface area contributed by atoms with Crippen LogP contribution in [0.5, 0.6) is 0 Å². The van der Waals surface area contributed by atoms with Crippen molar-refractivity contribution in [2.75, 3.05) is 50.8 Å². The highest BCUT2D eigenvalue weighted by molar-refractivity contribution is 7.99. The van der Waals surface area contributed by atoms with E-state index in [2.05, 4.69) is 52.6 Å². The number of carbonyl (C=O) groups excluding carboxylic acids is 1. The minimum absolute atomic E-state index is 0.155. The molecule has 1 aromatic heterocycles. The standard InChI is InChI=1S/C26H37N5OS/c1-3-31-24-8-7-22(18-23(24)25(27-31)26(32)30-13-15-33-16-14-30)29-11-9-28(10-12-29)19-21-6-4-5-20(2)17-21/h4-6,17,22H,3,7-16,18-19H2,1-2H3. The van der Waals surface area contributed by atoms with Crippen LogP contribution < -0.4 is 0 Å². The number of amides is 1. The van der Waals surface area contributed by atoms with E-state index in [9.17, 15) is 4.79 Å². The van der Waals surface area contributed by atoms with Crippen LogP contribution in [0.25, 0.3) is 0 Å². The SMILES string of the molecule is CCn1nc(C(=O)N2CCSCC2)c2c1CCC(N1CCN(Cc3cccc(C)c3)CC1)C2. The fraction of sp³-hybridized carbons (Fsp3) is 0.615. The molecule has 5 rings (SSSR count). The highest BCUT2D eigenvalue weighted by atomic mass is 32.2. The lowest BCUT2D eigenvalue weighted by Gasteiger charge is -2.41. The van der Waals surface area contributed by atoms with Crippen molar-refractivity contribution in [3.8, 4) is 0 Å². The first-order chi connectivity index (χ1) is 16.1. The second-order valence-electron chi connectivity index (χ2n) is 9.69.